The molecule has 2 aromatic carbocycles. The number of halogens is 1. The molecule has 0 aromatic heterocycles. The van der Waals surface area contributed by atoms with Crippen LogP contribution in [0.15, 0.2) is 53.4 Å². The number of aryl methyl sites for hydroxylation is 1. The molecule has 1 saturated carbocycles. The Morgan fingerprint density at radius 3 is 2.34 bits per heavy atom. The van der Waals surface area contributed by atoms with Crippen LogP contribution in [-0.2, 0) is 14.8 Å². The first-order valence-corrected chi connectivity index (χ1v) is 11.8. The first kappa shape index (κ1) is 21.7. The van der Waals surface area contributed by atoms with Crippen LogP contribution < -0.4 is 9.62 Å². The van der Waals surface area contributed by atoms with Crippen LogP contribution in [0.1, 0.15) is 44.1 Å². The van der Waals surface area contributed by atoms with Crippen molar-refractivity contribution in [3.63, 3.8) is 0 Å². The molecule has 1 N–H and O–H groups in total. The Kier molecular flexibility index (Phi) is 7.19. The molecule has 3 rings (SSSR count). The van der Waals surface area contributed by atoms with Gasteiger partial charge in [-0.25, -0.2) is 8.42 Å². The standard InChI is InChI=1S/C22H27ClN2O3S/c1-17-13-14-19(15-21(17)23)25(29(27,28)20-11-7-4-8-12-20)16-22(26)24-18-9-5-2-3-6-10-18/h4,7-8,11-15,18H,2-3,5-6,9-10,16H2,1H3,(H,24,26). The molecule has 29 heavy (non-hydrogen) atoms. The van der Waals surface area contributed by atoms with Crippen LogP contribution in [-0.4, -0.2) is 26.9 Å². The zero-order chi connectivity index (χ0) is 20.9. The molecule has 0 radical (unpaired) electrons. The highest BCUT2D eigenvalue weighted by Crippen LogP contribution is 2.28. The topological polar surface area (TPSA) is 66.5 Å². The van der Waals surface area contributed by atoms with Crippen LogP contribution in [0, 0.1) is 6.92 Å². The van der Waals surface area contributed by atoms with Crippen molar-refractivity contribution in [3.05, 3.63) is 59.1 Å². The van der Waals surface area contributed by atoms with Gasteiger partial charge in [-0.05, 0) is 49.6 Å². The molecule has 156 valence electrons. The summed E-state index contributed by atoms with van der Waals surface area (Å²) >= 11 is 6.24. The highest BCUT2D eigenvalue weighted by molar-refractivity contribution is 7.92. The maximum atomic E-state index is 13.3. The summed E-state index contributed by atoms with van der Waals surface area (Å²) in [6.07, 6.45) is 6.42. The summed E-state index contributed by atoms with van der Waals surface area (Å²) in [6, 6.07) is 13.3. The summed E-state index contributed by atoms with van der Waals surface area (Å²) in [6.45, 7) is 1.56. The van der Waals surface area contributed by atoms with E-state index in [-0.39, 0.29) is 23.4 Å². The van der Waals surface area contributed by atoms with Crippen LogP contribution >= 0.6 is 11.6 Å². The maximum absolute atomic E-state index is 13.3. The Hall–Kier alpha value is -2.05. The van der Waals surface area contributed by atoms with Crippen LogP contribution in [0.4, 0.5) is 5.69 Å². The van der Waals surface area contributed by atoms with E-state index in [1.807, 2.05) is 6.92 Å². The second-order valence-electron chi connectivity index (χ2n) is 7.51. The quantitative estimate of drug-likeness (QED) is 0.671. The van der Waals surface area contributed by atoms with Gasteiger partial charge in [0, 0.05) is 11.1 Å². The molecule has 1 aliphatic rings. The van der Waals surface area contributed by atoms with Gasteiger partial charge in [-0.2, -0.15) is 0 Å². The monoisotopic (exact) mass is 434 g/mol. The summed E-state index contributed by atoms with van der Waals surface area (Å²) in [5, 5.41) is 3.49. The van der Waals surface area contributed by atoms with Gasteiger partial charge >= 0.3 is 0 Å². The molecule has 0 heterocycles. The largest absolute Gasteiger partial charge is 0.352 e. The molecule has 0 unspecified atom stereocenters. The number of amides is 1. The van der Waals surface area contributed by atoms with Gasteiger partial charge in [0.2, 0.25) is 5.91 Å². The number of rotatable bonds is 6. The average Bonchev–Trinajstić information content (AvgIpc) is 2.97. The van der Waals surface area contributed by atoms with E-state index < -0.39 is 10.0 Å². The van der Waals surface area contributed by atoms with E-state index in [2.05, 4.69) is 5.32 Å². The zero-order valence-corrected chi connectivity index (χ0v) is 18.2. The molecule has 1 aliphatic carbocycles. The van der Waals surface area contributed by atoms with Crippen molar-refractivity contribution in [2.75, 3.05) is 10.8 Å². The number of carbonyl (C=O) groups is 1. The number of hydrogen-bond acceptors (Lipinski definition) is 3. The first-order valence-electron chi connectivity index (χ1n) is 10.0. The number of hydrogen-bond donors (Lipinski definition) is 1. The fraction of sp³-hybridized carbons (Fsp3) is 0.409. The molecule has 0 aliphatic heterocycles. The third-order valence-corrected chi connectivity index (χ3v) is 7.48. The zero-order valence-electron chi connectivity index (χ0n) is 16.6. The fourth-order valence-electron chi connectivity index (χ4n) is 3.60. The maximum Gasteiger partial charge on any atom is 0.264 e. The van der Waals surface area contributed by atoms with Crippen molar-refractivity contribution in [1.82, 2.24) is 5.32 Å². The number of sulfonamides is 1. The van der Waals surface area contributed by atoms with Gasteiger partial charge in [-0.1, -0.05) is 61.5 Å². The van der Waals surface area contributed by atoms with Crippen molar-refractivity contribution in [3.8, 4) is 0 Å². The number of nitrogens with one attached hydrogen (secondary N) is 1. The van der Waals surface area contributed by atoms with Gasteiger partial charge in [0.15, 0.2) is 0 Å². The molecule has 1 amide bonds. The molecule has 0 atom stereocenters. The van der Waals surface area contributed by atoms with E-state index in [0.717, 1.165) is 35.6 Å². The van der Waals surface area contributed by atoms with Crippen molar-refractivity contribution in [1.29, 1.82) is 0 Å². The lowest BCUT2D eigenvalue weighted by molar-refractivity contribution is -0.120. The van der Waals surface area contributed by atoms with Crippen LogP contribution in [0.5, 0.6) is 0 Å². The van der Waals surface area contributed by atoms with Gasteiger partial charge < -0.3 is 5.32 Å². The number of carbonyl (C=O) groups excluding carboxylic acids is 1. The number of anilines is 1. The Morgan fingerprint density at radius 1 is 1.07 bits per heavy atom. The molecule has 5 nitrogen and oxygen atoms in total. The molecule has 0 saturated heterocycles. The van der Waals surface area contributed by atoms with E-state index in [0.29, 0.717) is 10.7 Å². The Balaban J connectivity index is 1.88. The third kappa shape index (κ3) is 5.52. The van der Waals surface area contributed by atoms with E-state index in [1.165, 1.54) is 25.0 Å². The smallest absolute Gasteiger partial charge is 0.264 e. The summed E-state index contributed by atoms with van der Waals surface area (Å²) < 4.78 is 27.8. The third-order valence-electron chi connectivity index (χ3n) is 5.28. The van der Waals surface area contributed by atoms with Crippen LogP contribution in [0.25, 0.3) is 0 Å². The summed E-state index contributed by atoms with van der Waals surface area (Å²) in [5.74, 6) is -0.298. The molecule has 0 bridgehead atoms. The SMILES string of the molecule is Cc1ccc(N(CC(=O)NC2CCCCCC2)S(=O)(=O)c2ccccc2)cc1Cl. The molecule has 0 spiro atoms. The minimum Gasteiger partial charge on any atom is -0.352 e. The highest BCUT2D eigenvalue weighted by Gasteiger charge is 2.28. The lowest BCUT2D eigenvalue weighted by atomic mass is 10.1. The minimum absolute atomic E-state index is 0.105. The normalized spacial score (nSPS) is 15.5. The highest BCUT2D eigenvalue weighted by atomic mass is 35.5. The summed E-state index contributed by atoms with van der Waals surface area (Å²) in [4.78, 5) is 12.9. The molecular weight excluding hydrogens is 408 g/mol. The van der Waals surface area contributed by atoms with Crippen molar-refractivity contribution >= 4 is 33.2 Å². The van der Waals surface area contributed by atoms with Gasteiger partial charge in [-0.15, -0.1) is 0 Å². The fourth-order valence-corrected chi connectivity index (χ4v) is 5.21. The van der Waals surface area contributed by atoms with E-state index in [4.69, 9.17) is 11.6 Å². The van der Waals surface area contributed by atoms with Gasteiger partial charge in [0.05, 0.1) is 10.6 Å². The van der Waals surface area contributed by atoms with Gasteiger partial charge in [0.1, 0.15) is 6.54 Å². The molecular formula is C22H27ClN2O3S. The van der Waals surface area contributed by atoms with E-state index in [1.54, 1.807) is 36.4 Å². The van der Waals surface area contributed by atoms with Crippen molar-refractivity contribution < 1.29 is 13.2 Å². The van der Waals surface area contributed by atoms with Crippen molar-refractivity contribution in [2.45, 2.75) is 56.4 Å². The first-order chi connectivity index (χ1) is 13.9. The lowest BCUT2D eigenvalue weighted by Gasteiger charge is -2.26. The predicted molar refractivity (Wildman–Crippen MR) is 117 cm³/mol. The Morgan fingerprint density at radius 2 is 1.72 bits per heavy atom. The van der Waals surface area contributed by atoms with E-state index in [9.17, 15) is 13.2 Å². The minimum atomic E-state index is -3.91. The second-order valence-corrected chi connectivity index (χ2v) is 9.78. The Labute approximate surface area is 178 Å². The average molecular weight is 435 g/mol. The Bertz CT molecular complexity index is 940. The van der Waals surface area contributed by atoms with Gasteiger partial charge in [-0.3, -0.25) is 9.10 Å². The predicted octanol–water partition coefficient (Wildman–Crippen LogP) is 4.68. The summed E-state index contributed by atoms with van der Waals surface area (Å²) in [5.41, 5.74) is 1.22. The van der Waals surface area contributed by atoms with Crippen LogP contribution in [0.3, 0.4) is 0 Å². The number of benzene rings is 2. The lowest BCUT2D eigenvalue weighted by Crippen LogP contribution is -2.44. The molecule has 1 fully saturated rings. The molecule has 2 aromatic rings. The summed E-state index contributed by atoms with van der Waals surface area (Å²) in [7, 11) is -3.91. The number of nitrogens with zero attached hydrogens (tertiary/aromatic N) is 1. The molecule has 7 heteroatoms. The van der Waals surface area contributed by atoms with Crippen LogP contribution in [0.2, 0.25) is 5.02 Å². The van der Waals surface area contributed by atoms with Crippen molar-refractivity contribution in [2.24, 2.45) is 0 Å². The van der Waals surface area contributed by atoms with E-state index >= 15 is 0 Å². The van der Waals surface area contributed by atoms with Gasteiger partial charge in [0.25, 0.3) is 10.0 Å². The second kappa shape index (κ2) is 9.63.